The topological polar surface area (TPSA) is 24.9 Å². The summed E-state index contributed by atoms with van der Waals surface area (Å²) in [5.41, 5.74) is 3.57. The second-order valence-electron chi connectivity index (χ2n) is 5.11. The lowest BCUT2D eigenvalue weighted by Crippen LogP contribution is -2.27. The maximum absolute atomic E-state index is 4.68. The molecule has 0 amide bonds. The molecule has 1 atom stereocenters. The molecular formula is C17H18N2S. The van der Waals surface area contributed by atoms with Crippen molar-refractivity contribution in [2.45, 2.75) is 25.9 Å². The zero-order valence-corrected chi connectivity index (χ0v) is 12.4. The van der Waals surface area contributed by atoms with E-state index in [1.165, 1.54) is 10.9 Å². The van der Waals surface area contributed by atoms with E-state index in [0.717, 1.165) is 24.2 Å². The summed E-state index contributed by atoms with van der Waals surface area (Å²) < 4.78 is 0. The van der Waals surface area contributed by atoms with Gasteiger partial charge in [-0.2, -0.15) is 11.3 Å². The number of nitrogens with zero attached hydrogens (tertiary/aromatic N) is 1. The average Bonchev–Trinajstić information content (AvgIpc) is 2.98. The molecule has 3 aromatic rings. The van der Waals surface area contributed by atoms with Gasteiger partial charge in [-0.15, -0.1) is 0 Å². The van der Waals surface area contributed by atoms with Crippen molar-refractivity contribution in [3.63, 3.8) is 0 Å². The van der Waals surface area contributed by atoms with E-state index in [4.69, 9.17) is 0 Å². The lowest BCUT2D eigenvalue weighted by Gasteiger charge is -2.13. The number of thiophene rings is 1. The minimum atomic E-state index is 0.456. The molecule has 0 fully saturated rings. The largest absolute Gasteiger partial charge is 0.308 e. The van der Waals surface area contributed by atoms with Crippen LogP contribution in [0.4, 0.5) is 0 Å². The Morgan fingerprint density at radius 1 is 1.15 bits per heavy atom. The van der Waals surface area contributed by atoms with Crippen LogP contribution in [0.15, 0.2) is 53.2 Å². The summed E-state index contributed by atoms with van der Waals surface area (Å²) in [6.45, 7) is 3.04. The minimum Gasteiger partial charge on any atom is -0.308 e. The number of pyridine rings is 1. The van der Waals surface area contributed by atoms with Gasteiger partial charge in [0.05, 0.1) is 11.2 Å². The van der Waals surface area contributed by atoms with Crippen molar-refractivity contribution in [3.05, 3.63) is 64.5 Å². The first-order chi connectivity index (χ1) is 9.81. The van der Waals surface area contributed by atoms with Crippen molar-refractivity contribution in [1.82, 2.24) is 10.3 Å². The molecule has 2 aromatic heterocycles. The van der Waals surface area contributed by atoms with Crippen LogP contribution in [-0.4, -0.2) is 11.0 Å². The van der Waals surface area contributed by atoms with Gasteiger partial charge in [0.1, 0.15) is 0 Å². The molecule has 102 valence electrons. The van der Waals surface area contributed by atoms with E-state index in [2.05, 4.69) is 58.3 Å². The highest BCUT2D eigenvalue weighted by atomic mass is 32.1. The van der Waals surface area contributed by atoms with Crippen molar-refractivity contribution >= 4 is 22.2 Å². The lowest BCUT2D eigenvalue weighted by molar-refractivity contribution is 0.541. The monoisotopic (exact) mass is 282 g/mol. The summed E-state index contributed by atoms with van der Waals surface area (Å²) in [5, 5.41) is 9.09. The van der Waals surface area contributed by atoms with E-state index in [1.54, 1.807) is 11.3 Å². The summed E-state index contributed by atoms with van der Waals surface area (Å²) in [4.78, 5) is 4.68. The molecule has 0 spiro atoms. The molecule has 1 N–H and O–H groups in total. The van der Waals surface area contributed by atoms with Crippen molar-refractivity contribution in [2.75, 3.05) is 0 Å². The zero-order valence-electron chi connectivity index (χ0n) is 11.5. The van der Waals surface area contributed by atoms with Crippen LogP contribution in [0.2, 0.25) is 0 Å². The molecule has 0 aliphatic heterocycles. The van der Waals surface area contributed by atoms with Gasteiger partial charge in [-0.3, -0.25) is 4.98 Å². The predicted octanol–water partition coefficient (Wildman–Crippen LogP) is 4.02. The standard InChI is InChI=1S/C17H18N2S/c1-13(10-14-8-9-20-12-14)18-11-16-7-6-15-4-2-3-5-17(15)19-16/h2-9,12-13,18H,10-11H2,1H3. The molecule has 0 saturated carbocycles. The van der Waals surface area contributed by atoms with Crippen LogP contribution >= 0.6 is 11.3 Å². The summed E-state index contributed by atoms with van der Waals surface area (Å²) >= 11 is 1.76. The van der Waals surface area contributed by atoms with Crippen LogP contribution in [0.1, 0.15) is 18.2 Å². The number of benzene rings is 1. The predicted molar refractivity (Wildman–Crippen MR) is 86.1 cm³/mol. The van der Waals surface area contributed by atoms with Crippen molar-refractivity contribution < 1.29 is 0 Å². The SMILES string of the molecule is CC(Cc1ccsc1)NCc1ccc2ccccc2n1. The maximum atomic E-state index is 4.68. The summed E-state index contributed by atoms with van der Waals surface area (Å²) in [6.07, 6.45) is 1.07. The molecule has 0 bridgehead atoms. The Bertz CT molecular complexity index is 676. The van der Waals surface area contributed by atoms with E-state index in [-0.39, 0.29) is 0 Å². The highest BCUT2D eigenvalue weighted by Crippen LogP contribution is 2.12. The number of hydrogen-bond donors (Lipinski definition) is 1. The second-order valence-corrected chi connectivity index (χ2v) is 5.89. The van der Waals surface area contributed by atoms with Crippen molar-refractivity contribution in [2.24, 2.45) is 0 Å². The van der Waals surface area contributed by atoms with E-state index in [0.29, 0.717) is 6.04 Å². The highest BCUT2D eigenvalue weighted by molar-refractivity contribution is 7.07. The second kappa shape index (κ2) is 6.16. The number of fused-ring (bicyclic) bond motifs is 1. The van der Waals surface area contributed by atoms with E-state index in [1.807, 2.05) is 12.1 Å². The first kappa shape index (κ1) is 13.3. The van der Waals surface area contributed by atoms with Crippen molar-refractivity contribution in [1.29, 1.82) is 0 Å². The number of rotatable bonds is 5. The van der Waals surface area contributed by atoms with Crippen LogP contribution in [0.3, 0.4) is 0 Å². The number of hydrogen-bond acceptors (Lipinski definition) is 3. The van der Waals surface area contributed by atoms with Crippen LogP contribution < -0.4 is 5.32 Å². The molecule has 3 heteroatoms. The Kier molecular flexibility index (Phi) is 4.09. The molecule has 0 aliphatic carbocycles. The Morgan fingerprint density at radius 3 is 2.90 bits per heavy atom. The summed E-state index contributed by atoms with van der Waals surface area (Å²) in [7, 11) is 0. The lowest BCUT2D eigenvalue weighted by atomic mass is 10.1. The number of para-hydroxylation sites is 1. The van der Waals surface area contributed by atoms with Gasteiger partial charge in [0.2, 0.25) is 0 Å². The molecule has 20 heavy (non-hydrogen) atoms. The van der Waals surface area contributed by atoms with Crippen LogP contribution in [-0.2, 0) is 13.0 Å². The molecule has 0 saturated heterocycles. The van der Waals surface area contributed by atoms with Gasteiger partial charge >= 0.3 is 0 Å². The smallest absolute Gasteiger partial charge is 0.0705 e. The maximum Gasteiger partial charge on any atom is 0.0705 e. The fraction of sp³-hybridized carbons (Fsp3) is 0.235. The van der Waals surface area contributed by atoms with Gasteiger partial charge in [0.15, 0.2) is 0 Å². The van der Waals surface area contributed by atoms with Crippen LogP contribution in [0.25, 0.3) is 10.9 Å². The number of nitrogens with one attached hydrogen (secondary N) is 1. The Morgan fingerprint density at radius 2 is 2.05 bits per heavy atom. The third-order valence-corrected chi connectivity index (χ3v) is 4.14. The Hall–Kier alpha value is -1.71. The van der Waals surface area contributed by atoms with Crippen LogP contribution in [0.5, 0.6) is 0 Å². The first-order valence-electron chi connectivity index (χ1n) is 6.90. The molecule has 3 rings (SSSR count). The molecule has 0 aliphatic rings. The molecule has 2 nitrogen and oxygen atoms in total. The third kappa shape index (κ3) is 3.24. The number of aromatic nitrogens is 1. The molecular weight excluding hydrogens is 264 g/mol. The van der Waals surface area contributed by atoms with E-state index >= 15 is 0 Å². The molecule has 0 radical (unpaired) electrons. The average molecular weight is 282 g/mol. The summed E-state index contributed by atoms with van der Waals surface area (Å²) in [6, 6.07) is 15.1. The van der Waals surface area contributed by atoms with Crippen LogP contribution in [0, 0.1) is 0 Å². The van der Waals surface area contributed by atoms with E-state index < -0.39 is 0 Å². The molecule has 2 heterocycles. The van der Waals surface area contributed by atoms with Gasteiger partial charge in [0, 0.05) is 18.0 Å². The van der Waals surface area contributed by atoms with E-state index in [9.17, 15) is 0 Å². The minimum absolute atomic E-state index is 0.456. The van der Waals surface area contributed by atoms with Crippen molar-refractivity contribution in [3.8, 4) is 0 Å². The van der Waals surface area contributed by atoms with Gasteiger partial charge in [-0.05, 0) is 47.9 Å². The van der Waals surface area contributed by atoms with Gasteiger partial charge in [-0.1, -0.05) is 24.3 Å². The normalized spacial score (nSPS) is 12.7. The third-order valence-electron chi connectivity index (χ3n) is 3.41. The summed E-state index contributed by atoms with van der Waals surface area (Å²) in [5.74, 6) is 0. The highest BCUT2D eigenvalue weighted by Gasteiger charge is 2.04. The zero-order chi connectivity index (χ0) is 13.8. The fourth-order valence-corrected chi connectivity index (χ4v) is 3.00. The van der Waals surface area contributed by atoms with Gasteiger partial charge in [0.25, 0.3) is 0 Å². The molecule has 1 unspecified atom stereocenters. The first-order valence-corrected chi connectivity index (χ1v) is 7.85. The van der Waals surface area contributed by atoms with Gasteiger partial charge in [-0.25, -0.2) is 0 Å². The Labute approximate surface area is 123 Å². The Balaban J connectivity index is 1.61. The molecule has 1 aromatic carbocycles. The fourth-order valence-electron chi connectivity index (χ4n) is 2.32. The van der Waals surface area contributed by atoms with Gasteiger partial charge < -0.3 is 5.32 Å². The quantitative estimate of drug-likeness (QED) is 0.764.